The standard InChI is InChI=1S/C18H24N2O4/c1-2-12(17(21)22)8-13-9-15(20(23)24)4-5-16(13)19-14-10-18(11-14)6-3-7-18/h4-5,9,12,14,19H,2-3,6-8,10-11H2,1H3,(H,21,22). The van der Waals surface area contributed by atoms with E-state index in [1.165, 1.54) is 31.4 Å². The average Bonchev–Trinajstić information content (AvgIpc) is 2.46. The number of non-ortho nitro benzene ring substituents is 1. The van der Waals surface area contributed by atoms with Crippen molar-refractivity contribution in [3.05, 3.63) is 33.9 Å². The van der Waals surface area contributed by atoms with Crippen LogP contribution >= 0.6 is 0 Å². The molecule has 0 amide bonds. The Balaban J connectivity index is 1.76. The molecule has 3 rings (SSSR count). The van der Waals surface area contributed by atoms with E-state index in [9.17, 15) is 20.0 Å². The molecule has 0 saturated heterocycles. The van der Waals surface area contributed by atoms with Crippen LogP contribution in [0.1, 0.15) is 51.0 Å². The van der Waals surface area contributed by atoms with Gasteiger partial charge in [-0.3, -0.25) is 14.9 Å². The molecule has 0 bridgehead atoms. The first-order chi connectivity index (χ1) is 11.4. The number of hydrogen-bond donors (Lipinski definition) is 2. The number of rotatable bonds is 7. The predicted octanol–water partition coefficient (Wildman–Crippen LogP) is 3.99. The maximum atomic E-state index is 11.3. The highest BCUT2D eigenvalue weighted by Crippen LogP contribution is 2.56. The topological polar surface area (TPSA) is 92.5 Å². The van der Waals surface area contributed by atoms with Gasteiger partial charge in [0.25, 0.3) is 5.69 Å². The lowest BCUT2D eigenvalue weighted by Gasteiger charge is -2.54. The van der Waals surface area contributed by atoms with E-state index in [0.717, 1.165) is 24.1 Å². The van der Waals surface area contributed by atoms with Crippen LogP contribution in [0.4, 0.5) is 11.4 Å². The van der Waals surface area contributed by atoms with E-state index >= 15 is 0 Å². The molecule has 2 aliphatic rings. The Hall–Kier alpha value is -2.11. The highest BCUT2D eigenvalue weighted by atomic mass is 16.6. The first-order valence-corrected chi connectivity index (χ1v) is 8.69. The van der Waals surface area contributed by atoms with Crippen molar-refractivity contribution >= 4 is 17.3 Å². The molecule has 2 aliphatic carbocycles. The van der Waals surface area contributed by atoms with Crippen molar-refractivity contribution in [1.82, 2.24) is 0 Å². The summed E-state index contributed by atoms with van der Waals surface area (Å²) in [7, 11) is 0. The zero-order valence-corrected chi connectivity index (χ0v) is 14.0. The van der Waals surface area contributed by atoms with Crippen LogP contribution < -0.4 is 5.32 Å². The fourth-order valence-corrected chi connectivity index (χ4v) is 4.07. The van der Waals surface area contributed by atoms with E-state index in [1.54, 1.807) is 6.07 Å². The fourth-order valence-electron chi connectivity index (χ4n) is 4.07. The van der Waals surface area contributed by atoms with E-state index in [4.69, 9.17) is 0 Å². The number of benzene rings is 1. The molecule has 1 spiro atoms. The van der Waals surface area contributed by atoms with Crippen LogP contribution in [0.25, 0.3) is 0 Å². The molecule has 0 radical (unpaired) electrons. The van der Waals surface area contributed by atoms with Crippen LogP contribution in [0.2, 0.25) is 0 Å². The number of carbonyl (C=O) groups is 1. The number of nitro groups is 1. The van der Waals surface area contributed by atoms with Crippen molar-refractivity contribution in [2.45, 2.75) is 57.9 Å². The predicted molar refractivity (Wildman–Crippen MR) is 91.1 cm³/mol. The lowest BCUT2D eigenvalue weighted by molar-refractivity contribution is -0.384. The molecule has 1 aromatic carbocycles. The summed E-state index contributed by atoms with van der Waals surface area (Å²) in [5.74, 6) is -1.38. The zero-order chi connectivity index (χ0) is 17.3. The minimum Gasteiger partial charge on any atom is -0.481 e. The van der Waals surface area contributed by atoms with Gasteiger partial charge in [-0.25, -0.2) is 0 Å². The highest BCUT2D eigenvalue weighted by Gasteiger charge is 2.48. The molecule has 2 saturated carbocycles. The van der Waals surface area contributed by atoms with Gasteiger partial charge >= 0.3 is 5.97 Å². The van der Waals surface area contributed by atoms with Gasteiger partial charge in [-0.15, -0.1) is 0 Å². The van der Waals surface area contributed by atoms with Crippen LogP contribution in [0.15, 0.2) is 18.2 Å². The molecule has 130 valence electrons. The summed E-state index contributed by atoms with van der Waals surface area (Å²) in [5, 5.41) is 23.8. The fraction of sp³-hybridized carbons (Fsp3) is 0.611. The monoisotopic (exact) mass is 332 g/mol. The van der Waals surface area contributed by atoms with Crippen LogP contribution in [0, 0.1) is 21.4 Å². The minimum absolute atomic E-state index is 0.0138. The maximum absolute atomic E-state index is 11.3. The van der Waals surface area contributed by atoms with Gasteiger partial charge in [0.1, 0.15) is 0 Å². The van der Waals surface area contributed by atoms with Gasteiger partial charge < -0.3 is 10.4 Å². The van der Waals surface area contributed by atoms with Gasteiger partial charge in [0.2, 0.25) is 0 Å². The van der Waals surface area contributed by atoms with Crippen LogP contribution in [-0.4, -0.2) is 22.0 Å². The molecule has 1 unspecified atom stereocenters. The summed E-state index contributed by atoms with van der Waals surface area (Å²) in [4.78, 5) is 21.9. The quantitative estimate of drug-likeness (QED) is 0.582. The number of carboxylic acids is 1. The van der Waals surface area contributed by atoms with E-state index in [2.05, 4.69) is 5.32 Å². The molecule has 6 heteroatoms. The molecule has 0 aliphatic heterocycles. The number of carboxylic acid groups (broad SMARTS) is 1. The SMILES string of the molecule is CCC(Cc1cc([N+](=O)[O-])ccc1NC1CC2(CCC2)C1)C(=O)O. The molecule has 6 nitrogen and oxygen atoms in total. The van der Waals surface area contributed by atoms with Gasteiger partial charge in [0.05, 0.1) is 10.8 Å². The summed E-state index contributed by atoms with van der Waals surface area (Å²) in [6, 6.07) is 5.14. The Morgan fingerprint density at radius 3 is 2.67 bits per heavy atom. The Morgan fingerprint density at radius 2 is 2.17 bits per heavy atom. The third kappa shape index (κ3) is 3.23. The Bertz CT molecular complexity index is 646. The lowest BCUT2D eigenvalue weighted by atomic mass is 9.54. The smallest absolute Gasteiger partial charge is 0.306 e. The molecular formula is C18H24N2O4. The van der Waals surface area contributed by atoms with Gasteiger partial charge in [-0.2, -0.15) is 0 Å². The van der Waals surface area contributed by atoms with Crippen LogP contribution in [0.3, 0.4) is 0 Å². The summed E-state index contributed by atoms with van der Waals surface area (Å²) in [5.41, 5.74) is 2.14. The number of nitrogens with one attached hydrogen (secondary N) is 1. The van der Waals surface area contributed by atoms with Gasteiger partial charge in [0, 0.05) is 23.9 Å². The van der Waals surface area contributed by atoms with Crippen molar-refractivity contribution < 1.29 is 14.8 Å². The Kier molecular flexibility index (Phi) is 4.47. The van der Waals surface area contributed by atoms with Gasteiger partial charge in [0.15, 0.2) is 0 Å². The summed E-state index contributed by atoms with van der Waals surface area (Å²) in [6.07, 6.45) is 7.08. The van der Waals surface area contributed by atoms with Gasteiger partial charge in [-0.05, 0) is 55.6 Å². The van der Waals surface area contributed by atoms with Crippen LogP contribution in [0.5, 0.6) is 0 Å². The van der Waals surface area contributed by atoms with E-state index in [1.807, 2.05) is 6.92 Å². The van der Waals surface area contributed by atoms with E-state index < -0.39 is 16.8 Å². The molecule has 0 aromatic heterocycles. The normalized spacial score (nSPS) is 20.0. The molecule has 1 atom stereocenters. The number of anilines is 1. The van der Waals surface area contributed by atoms with Crippen molar-refractivity contribution in [2.75, 3.05) is 5.32 Å². The largest absolute Gasteiger partial charge is 0.481 e. The molecule has 2 fully saturated rings. The van der Waals surface area contributed by atoms with Crippen molar-refractivity contribution in [3.63, 3.8) is 0 Å². The highest BCUT2D eigenvalue weighted by molar-refractivity contribution is 5.71. The summed E-state index contributed by atoms with van der Waals surface area (Å²) >= 11 is 0. The van der Waals surface area contributed by atoms with Crippen molar-refractivity contribution in [2.24, 2.45) is 11.3 Å². The van der Waals surface area contributed by atoms with Crippen LogP contribution in [-0.2, 0) is 11.2 Å². The lowest BCUT2D eigenvalue weighted by Crippen LogP contribution is -2.49. The Morgan fingerprint density at radius 1 is 1.46 bits per heavy atom. The van der Waals surface area contributed by atoms with E-state index in [-0.39, 0.29) is 5.69 Å². The second kappa shape index (κ2) is 6.42. The molecule has 24 heavy (non-hydrogen) atoms. The number of nitrogens with zero attached hydrogens (tertiary/aromatic N) is 1. The molecular weight excluding hydrogens is 308 g/mol. The number of aliphatic carboxylic acids is 1. The third-order valence-electron chi connectivity index (χ3n) is 5.74. The first-order valence-electron chi connectivity index (χ1n) is 8.69. The zero-order valence-electron chi connectivity index (χ0n) is 14.0. The maximum Gasteiger partial charge on any atom is 0.306 e. The van der Waals surface area contributed by atoms with Crippen molar-refractivity contribution in [3.8, 4) is 0 Å². The van der Waals surface area contributed by atoms with E-state index in [0.29, 0.717) is 24.3 Å². The number of hydrogen-bond acceptors (Lipinski definition) is 4. The molecule has 2 N–H and O–H groups in total. The summed E-state index contributed by atoms with van der Waals surface area (Å²) < 4.78 is 0. The third-order valence-corrected chi connectivity index (χ3v) is 5.74. The molecule has 1 aromatic rings. The minimum atomic E-state index is -0.855. The Labute approximate surface area is 141 Å². The second-order valence-corrected chi connectivity index (χ2v) is 7.35. The average molecular weight is 332 g/mol. The summed E-state index contributed by atoms with van der Waals surface area (Å²) in [6.45, 7) is 1.83. The molecule has 0 heterocycles. The van der Waals surface area contributed by atoms with Crippen molar-refractivity contribution in [1.29, 1.82) is 0 Å². The van der Waals surface area contributed by atoms with Gasteiger partial charge in [-0.1, -0.05) is 13.3 Å². The second-order valence-electron chi connectivity index (χ2n) is 7.35. The first kappa shape index (κ1) is 16.7. The number of nitro benzene ring substituents is 1.